The number of ether oxygens (including phenoxy) is 1. The van der Waals surface area contributed by atoms with Crippen LogP contribution in [0.1, 0.15) is 46.5 Å². The van der Waals surface area contributed by atoms with Crippen molar-refractivity contribution in [2.24, 2.45) is 5.92 Å². The summed E-state index contributed by atoms with van der Waals surface area (Å²) in [4.78, 5) is 41.7. The summed E-state index contributed by atoms with van der Waals surface area (Å²) in [6.07, 6.45) is 3.13. The Labute approximate surface area is 150 Å². The first kappa shape index (κ1) is 19.5. The standard InChI is InChI=1S/C18H31N3O4/c1-4-25-18(24)20-11-7-16(8-12-20)21(15(3)22)13-17(23)19-9-5-14(2)6-10-19/h14,16H,4-13H2,1-3H3. The lowest BCUT2D eigenvalue weighted by Gasteiger charge is -2.39. The molecule has 0 aromatic heterocycles. The molecule has 0 bridgehead atoms. The molecule has 2 aliphatic heterocycles. The number of carbonyl (C=O) groups excluding carboxylic acids is 3. The Bertz CT molecular complexity index is 481. The Morgan fingerprint density at radius 2 is 1.56 bits per heavy atom. The van der Waals surface area contributed by atoms with E-state index in [1.807, 2.05) is 4.90 Å². The summed E-state index contributed by atoms with van der Waals surface area (Å²) in [5.41, 5.74) is 0. The van der Waals surface area contributed by atoms with E-state index in [0.717, 1.165) is 25.9 Å². The van der Waals surface area contributed by atoms with Gasteiger partial charge in [0.25, 0.3) is 0 Å². The lowest BCUT2D eigenvalue weighted by molar-refractivity contribution is -0.142. The van der Waals surface area contributed by atoms with Crippen molar-refractivity contribution >= 4 is 17.9 Å². The van der Waals surface area contributed by atoms with Gasteiger partial charge in [-0.2, -0.15) is 0 Å². The van der Waals surface area contributed by atoms with Crippen LogP contribution in [0.2, 0.25) is 0 Å². The molecule has 0 spiro atoms. The molecule has 2 rings (SSSR count). The average molecular weight is 353 g/mol. The van der Waals surface area contributed by atoms with Gasteiger partial charge in [-0.25, -0.2) is 4.79 Å². The number of hydrogen-bond acceptors (Lipinski definition) is 4. The van der Waals surface area contributed by atoms with Crippen LogP contribution in [0.25, 0.3) is 0 Å². The predicted molar refractivity (Wildman–Crippen MR) is 94.0 cm³/mol. The first-order valence-electron chi connectivity index (χ1n) is 9.39. The Balaban J connectivity index is 1.87. The minimum atomic E-state index is -0.297. The third-order valence-electron chi connectivity index (χ3n) is 5.28. The van der Waals surface area contributed by atoms with Gasteiger partial charge < -0.3 is 19.4 Å². The second kappa shape index (κ2) is 9.06. The Morgan fingerprint density at radius 3 is 2.08 bits per heavy atom. The van der Waals surface area contributed by atoms with Gasteiger partial charge in [0.05, 0.1) is 13.2 Å². The van der Waals surface area contributed by atoms with Crippen molar-refractivity contribution in [1.29, 1.82) is 0 Å². The molecular formula is C18H31N3O4. The summed E-state index contributed by atoms with van der Waals surface area (Å²) in [6.45, 7) is 8.71. The molecule has 0 aromatic carbocycles. The van der Waals surface area contributed by atoms with Crippen LogP contribution in [0.5, 0.6) is 0 Å². The minimum Gasteiger partial charge on any atom is -0.450 e. The summed E-state index contributed by atoms with van der Waals surface area (Å²) in [5.74, 6) is 0.628. The van der Waals surface area contributed by atoms with E-state index in [2.05, 4.69) is 6.92 Å². The van der Waals surface area contributed by atoms with Gasteiger partial charge in [-0.3, -0.25) is 9.59 Å². The van der Waals surface area contributed by atoms with E-state index in [4.69, 9.17) is 4.74 Å². The van der Waals surface area contributed by atoms with Crippen LogP contribution in [-0.4, -0.2) is 78.0 Å². The zero-order valence-electron chi connectivity index (χ0n) is 15.7. The van der Waals surface area contributed by atoms with Gasteiger partial charge in [0, 0.05) is 39.1 Å². The van der Waals surface area contributed by atoms with Crippen molar-refractivity contribution in [2.75, 3.05) is 39.3 Å². The lowest BCUT2D eigenvalue weighted by Crippen LogP contribution is -2.52. The molecule has 25 heavy (non-hydrogen) atoms. The molecule has 0 N–H and O–H groups in total. The highest BCUT2D eigenvalue weighted by Crippen LogP contribution is 2.20. The number of likely N-dealkylation sites (tertiary alicyclic amines) is 2. The number of amides is 3. The fourth-order valence-corrected chi connectivity index (χ4v) is 3.58. The van der Waals surface area contributed by atoms with Gasteiger partial charge in [-0.1, -0.05) is 6.92 Å². The molecule has 0 unspecified atom stereocenters. The van der Waals surface area contributed by atoms with Crippen LogP contribution < -0.4 is 0 Å². The van der Waals surface area contributed by atoms with Crippen molar-refractivity contribution in [3.05, 3.63) is 0 Å². The van der Waals surface area contributed by atoms with E-state index >= 15 is 0 Å². The number of rotatable bonds is 4. The molecule has 2 aliphatic rings. The second-order valence-corrected chi connectivity index (χ2v) is 7.13. The maximum Gasteiger partial charge on any atom is 0.409 e. The molecule has 0 saturated carbocycles. The lowest BCUT2D eigenvalue weighted by atomic mass is 9.99. The topological polar surface area (TPSA) is 70.2 Å². The van der Waals surface area contributed by atoms with E-state index in [9.17, 15) is 14.4 Å². The summed E-state index contributed by atoms with van der Waals surface area (Å²) in [6, 6.07) is 0.0100. The molecule has 0 aromatic rings. The van der Waals surface area contributed by atoms with E-state index in [1.54, 1.807) is 16.7 Å². The molecule has 2 saturated heterocycles. The Hall–Kier alpha value is -1.79. The number of carbonyl (C=O) groups is 3. The van der Waals surface area contributed by atoms with E-state index in [-0.39, 0.29) is 30.5 Å². The van der Waals surface area contributed by atoms with Crippen molar-refractivity contribution in [1.82, 2.24) is 14.7 Å². The Kier molecular flexibility index (Phi) is 7.08. The molecule has 0 aliphatic carbocycles. The van der Waals surface area contributed by atoms with Crippen LogP contribution in [0.15, 0.2) is 0 Å². The number of piperidine rings is 2. The van der Waals surface area contributed by atoms with Crippen LogP contribution in [0.4, 0.5) is 4.79 Å². The maximum atomic E-state index is 12.6. The van der Waals surface area contributed by atoms with Crippen LogP contribution in [0, 0.1) is 5.92 Å². The maximum absolute atomic E-state index is 12.6. The first-order chi connectivity index (χ1) is 11.9. The summed E-state index contributed by atoms with van der Waals surface area (Å²) in [7, 11) is 0. The molecule has 0 radical (unpaired) electrons. The normalized spacial score (nSPS) is 19.6. The minimum absolute atomic E-state index is 0.0100. The van der Waals surface area contributed by atoms with Gasteiger partial charge in [-0.15, -0.1) is 0 Å². The fourth-order valence-electron chi connectivity index (χ4n) is 3.58. The molecule has 3 amide bonds. The third kappa shape index (κ3) is 5.34. The number of nitrogens with zero attached hydrogens (tertiary/aromatic N) is 3. The molecule has 7 nitrogen and oxygen atoms in total. The quantitative estimate of drug-likeness (QED) is 0.771. The highest BCUT2D eigenvalue weighted by molar-refractivity contribution is 5.84. The molecule has 2 fully saturated rings. The van der Waals surface area contributed by atoms with Crippen molar-refractivity contribution in [2.45, 2.75) is 52.5 Å². The zero-order chi connectivity index (χ0) is 18.4. The van der Waals surface area contributed by atoms with Gasteiger partial charge in [0.2, 0.25) is 11.8 Å². The largest absolute Gasteiger partial charge is 0.450 e. The molecule has 7 heteroatoms. The van der Waals surface area contributed by atoms with Crippen molar-refractivity contribution in [3.8, 4) is 0 Å². The van der Waals surface area contributed by atoms with Crippen LogP contribution in [-0.2, 0) is 14.3 Å². The first-order valence-corrected chi connectivity index (χ1v) is 9.39. The molecular weight excluding hydrogens is 322 g/mol. The summed E-state index contributed by atoms with van der Waals surface area (Å²) in [5, 5.41) is 0. The SMILES string of the molecule is CCOC(=O)N1CCC(N(CC(=O)N2CCC(C)CC2)C(C)=O)CC1. The summed E-state index contributed by atoms with van der Waals surface area (Å²) < 4.78 is 5.02. The van der Waals surface area contributed by atoms with Crippen molar-refractivity contribution in [3.63, 3.8) is 0 Å². The van der Waals surface area contributed by atoms with Gasteiger partial charge in [0.15, 0.2) is 0 Å². The monoisotopic (exact) mass is 353 g/mol. The number of hydrogen-bond donors (Lipinski definition) is 0. The predicted octanol–water partition coefficient (Wildman–Crippen LogP) is 1.71. The summed E-state index contributed by atoms with van der Waals surface area (Å²) >= 11 is 0. The van der Waals surface area contributed by atoms with Crippen molar-refractivity contribution < 1.29 is 19.1 Å². The molecule has 0 atom stereocenters. The highest BCUT2D eigenvalue weighted by Gasteiger charge is 2.31. The van der Waals surface area contributed by atoms with Gasteiger partial charge in [-0.05, 0) is 38.5 Å². The molecule has 2 heterocycles. The van der Waals surface area contributed by atoms with E-state index in [0.29, 0.717) is 38.5 Å². The smallest absolute Gasteiger partial charge is 0.409 e. The van der Waals surface area contributed by atoms with E-state index in [1.165, 1.54) is 6.92 Å². The fraction of sp³-hybridized carbons (Fsp3) is 0.833. The third-order valence-corrected chi connectivity index (χ3v) is 5.28. The molecule has 142 valence electrons. The second-order valence-electron chi connectivity index (χ2n) is 7.13. The van der Waals surface area contributed by atoms with Crippen LogP contribution in [0.3, 0.4) is 0 Å². The van der Waals surface area contributed by atoms with Crippen LogP contribution >= 0.6 is 0 Å². The Morgan fingerprint density at radius 1 is 1.00 bits per heavy atom. The highest BCUT2D eigenvalue weighted by atomic mass is 16.6. The average Bonchev–Trinajstić information content (AvgIpc) is 2.60. The van der Waals surface area contributed by atoms with E-state index < -0.39 is 0 Å². The van der Waals surface area contributed by atoms with Gasteiger partial charge in [0.1, 0.15) is 0 Å². The van der Waals surface area contributed by atoms with Gasteiger partial charge >= 0.3 is 6.09 Å². The zero-order valence-corrected chi connectivity index (χ0v) is 15.7.